The van der Waals surface area contributed by atoms with Gasteiger partial charge in [-0.1, -0.05) is 0 Å². The molecule has 0 aromatic heterocycles. The number of amides is 1. The molecule has 0 heterocycles. The fourth-order valence-corrected chi connectivity index (χ4v) is 0.822. The van der Waals surface area contributed by atoms with E-state index >= 15 is 0 Å². The molecule has 0 aromatic rings. The van der Waals surface area contributed by atoms with Crippen molar-refractivity contribution in [3.05, 3.63) is 0 Å². The third-order valence-corrected chi connectivity index (χ3v) is 1.48. The molecule has 0 aliphatic rings. The first-order chi connectivity index (χ1) is 5.26. The predicted octanol–water partition coefficient (Wildman–Crippen LogP) is 0.00580. The number of nitrogens with zero attached hydrogens (tertiary/aromatic N) is 1. The van der Waals surface area contributed by atoms with Gasteiger partial charge in [-0.25, -0.2) is 0 Å². The van der Waals surface area contributed by atoms with Gasteiger partial charge in [0.2, 0.25) is 5.91 Å². The number of carbonyl (C=O) groups is 1. The first kappa shape index (κ1) is 10.4. The highest BCUT2D eigenvalue weighted by atomic mass is 16.6. The van der Waals surface area contributed by atoms with Crippen molar-refractivity contribution in [1.29, 1.82) is 0 Å². The smallest absolute Gasteiger partial charge is 0.238 e. The van der Waals surface area contributed by atoms with Crippen LogP contribution in [-0.4, -0.2) is 37.6 Å². The highest BCUT2D eigenvalue weighted by molar-refractivity contribution is 5.77. The number of nitrogens with one attached hydrogen (secondary N) is 1. The molecule has 0 rings (SSSR count). The first-order valence-electron chi connectivity index (χ1n) is 3.79. The van der Waals surface area contributed by atoms with Gasteiger partial charge in [0.15, 0.2) is 0 Å². The summed E-state index contributed by atoms with van der Waals surface area (Å²) in [6.07, 6.45) is 0. The van der Waals surface area contributed by atoms with E-state index in [1.54, 1.807) is 4.90 Å². The average Bonchev–Trinajstić information content (AvgIpc) is 2.03. The second-order valence-electron chi connectivity index (χ2n) is 2.09. The summed E-state index contributed by atoms with van der Waals surface area (Å²) in [5.41, 5.74) is 2.51. The van der Waals surface area contributed by atoms with E-state index in [2.05, 4.69) is 10.3 Å². The van der Waals surface area contributed by atoms with Crippen molar-refractivity contribution in [2.75, 3.05) is 26.7 Å². The lowest BCUT2D eigenvalue weighted by molar-refractivity contribution is -0.132. The normalized spacial score (nSPS) is 9.73. The van der Waals surface area contributed by atoms with Crippen molar-refractivity contribution in [1.82, 2.24) is 10.4 Å². The van der Waals surface area contributed by atoms with Gasteiger partial charge in [0.05, 0.1) is 7.11 Å². The van der Waals surface area contributed by atoms with Crippen LogP contribution in [0, 0.1) is 0 Å². The van der Waals surface area contributed by atoms with Gasteiger partial charge in [0.25, 0.3) is 0 Å². The summed E-state index contributed by atoms with van der Waals surface area (Å²) in [6.45, 7) is 5.65. The minimum atomic E-state index is 0.0665. The quantitative estimate of drug-likeness (QED) is 0.576. The summed E-state index contributed by atoms with van der Waals surface area (Å²) in [6, 6.07) is 0. The molecule has 0 bridgehead atoms. The summed E-state index contributed by atoms with van der Waals surface area (Å²) in [5, 5.41) is 0. The number of carbonyl (C=O) groups excluding carboxylic acids is 1. The fourth-order valence-electron chi connectivity index (χ4n) is 0.822. The summed E-state index contributed by atoms with van der Waals surface area (Å²) in [7, 11) is 1.50. The van der Waals surface area contributed by atoms with E-state index in [0.29, 0.717) is 0 Å². The standard InChI is InChI=1S/C7H16N2O2/c1-4-9(5-2)7(10)6-8-11-3/h8H,4-6H2,1-3H3. The SMILES string of the molecule is CCN(CC)C(=O)CNOC. The minimum Gasteiger partial charge on any atom is -0.342 e. The summed E-state index contributed by atoms with van der Waals surface area (Å²) in [4.78, 5) is 17.4. The molecule has 0 spiro atoms. The van der Waals surface area contributed by atoms with Gasteiger partial charge in [0, 0.05) is 13.1 Å². The third-order valence-electron chi connectivity index (χ3n) is 1.48. The number of likely N-dealkylation sites (N-methyl/N-ethyl adjacent to an activating group) is 1. The monoisotopic (exact) mass is 160 g/mol. The molecule has 0 fully saturated rings. The van der Waals surface area contributed by atoms with E-state index in [4.69, 9.17) is 0 Å². The highest BCUT2D eigenvalue weighted by Gasteiger charge is 2.07. The number of hydroxylamine groups is 1. The molecule has 1 N–H and O–H groups in total. The van der Waals surface area contributed by atoms with Crippen LogP contribution in [0.5, 0.6) is 0 Å². The maximum Gasteiger partial charge on any atom is 0.238 e. The number of rotatable bonds is 5. The molecule has 0 saturated carbocycles. The molecule has 0 aromatic carbocycles. The lowest BCUT2D eigenvalue weighted by Gasteiger charge is -2.18. The van der Waals surface area contributed by atoms with Crippen LogP contribution >= 0.6 is 0 Å². The van der Waals surface area contributed by atoms with E-state index in [0.717, 1.165) is 13.1 Å². The van der Waals surface area contributed by atoms with Gasteiger partial charge >= 0.3 is 0 Å². The minimum absolute atomic E-state index is 0.0665. The summed E-state index contributed by atoms with van der Waals surface area (Å²) in [5.74, 6) is 0.0665. The molecule has 0 atom stereocenters. The van der Waals surface area contributed by atoms with Crippen LogP contribution in [0.4, 0.5) is 0 Å². The van der Waals surface area contributed by atoms with Crippen LogP contribution in [0.2, 0.25) is 0 Å². The largest absolute Gasteiger partial charge is 0.342 e. The zero-order valence-electron chi connectivity index (χ0n) is 7.39. The molecular formula is C7H16N2O2. The molecule has 11 heavy (non-hydrogen) atoms. The molecule has 0 saturated heterocycles. The molecular weight excluding hydrogens is 144 g/mol. The topological polar surface area (TPSA) is 41.6 Å². The zero-order chi connectivity index (χ0) is 8.69. The molecule has 0 aliphatic heterocycles. The molecule has 0 radical (unpaired) electrons. The lowest BCUT2D eigenvalue weighted by Crippen LogP contribution is -2.37. The Balaban J connectivity index is 3.61. The molecule has 0 aliphatic carbocycles. The molecule has 66 valence electrons. The van der Waals surface area contributed by atoms with Crippen LogP contribution in [-0.2, 0) is 9.63 Å². The van der Waals surface area contributed by atoms with Crippen LogP contribution in [0.15, 0.2) is 0 Å². The van der Waals surface area contributed by atoms with Gasteiger partial charge in [-0.3, -0.25) is 4.79 Å². The van der Waals surface area contributed by atoms with Crippen molar-refractivity contribution < 1.29 is 9.63 Å². The van der Waals surface area contributed by atoms with Crippen LogP contribution in [0.1, 0.15) is 13.8 Å². The van der Waals surface area contributed by atoms with Crippen molar-refractivity contribution in [3.8, 4) is 0 Å². The van der Waals surface area contributed by atoms with Gasteiger partial charge in [-0.15, -0.1) is 0 Å². The van der Waals surface area contributed by atoms with Crippen LogP contribution in [0.25, 0.3) is 0 Å². The lowest BCUT2D eigenvalue weighted by atomic mass is 10.4. The average molecular weight is 160 g/mol. The van der Waals surface area contributed by atoms with E-state index in [1.807, 2.05) is 13.8 Å². The van der Waals surface area contributed by atoms with Crippen molar-refractivity contribution in [2.24, 2.45) is 0 Å². The Morgan fingerprint density at radius 2 is 2.00 bits per heavy atom. The molecule has 4 heteroatoms. The Bertz CT molecular complexity index is 113. The molecule has 4 nitrogen and oxygen atoms in total. The van der Waals surface area contributed by atoms with Gasteiger partial charge in [0.1, 0.15) is 6.54 Å². The van der Waals surface area contributed by atoms with Gasteiger partial charge < -0.3 is 9.74 Å². The van der Waals surface area contributed by atoms with E-state index in [-0.39, 0.29) is 12.5 Å². The van der Waals surface area contributed by atoms with Gasteiger partial charge in [-0.2, -0.15) is 5.48 Å². The predicted molar refractivity (Wildman–Crippen MR) is 42.9 cm³/mol. The second kappa shape index (κ2) is 6.12. The van der Waals surface area contributed by atoms with E-state index in [1.165, 1.54) is 7.11 Å². The van der Waals surface area contributed by atoms with E-state index in [9.17, 15) is 4.79 Å². The van der Waals surface area contributed by atoms with Crippen molar-refractivity contribution in [3.63, 3.8) is 0 Å². The number of hydrogen-bond acceptors (Lipinski definition) is 3. The van der Waals surface area contributed by atoms with Crippen LogP contribution in [0.3, 0.4) is 0 Å². The maximum atomic E-state index is 11.1. The second-order valence-corrected chi connectivity index (χ2v) is 2.09. The Morgan fingerprint density at radius 1 is 1.45 bits per heavy atom. The number of hydrogen-bond donors (Lipinski definition) is 1. The Labute approximate surface area is 67.5 Å². The highest BCUT2D eigenvalue weighted by Crippen LogP contribution is 1.86. The Morgan fingerprint density at radius 3 is 2.36 bits per heavy atom. The fraction of sp³-hybridized carbons (Fsp3) is 0.857. The molecule has 0 unspecified atom stereocenters. The third kappa shape index (κ3) is 3.95. The van der Waals surface area contributed by atoms with Gasteiger partial charge in [-0.05, 0) is 13.8 Å². The first-order valence-corrected chi connectivity index (χ1v) is 3.79. The Hall–Kier alpha value is -0.610. The van der Waals surface area contributed by atoms with E-state index < -0.39 is 0 Å². The van der Waals surface area contributed by atoms with Crippen LogP contribution < -0.4 is 5.48 Å². The zero-order valence-corrected chi connectivity index (χ0v) is 7.39. The van der Waals surface area contributed by atoms with Crippen molar-refractivity contribution >= 4 is 5.91 Å². The summed E-state index contributed by atoms with van der Waals surface area (Å²) < 4.78 is 0. The molecule has 1 amide bonds. The maximum absolute atomic E-state index is 11.1. The summed E-state index contributed by atoms with van der Waals surface area (Å²) >= 11 is 0. The Kier molecular flexibility index (Phi) is 5.78. The van der Waals surface area contributed by atoms with Crippen molar-refractivity contribution in [2.45, 2.75) is 13.8 Å².